The third kappa shape index (κ3) is 3.32. The number of carbonyl (C=O) groups is 1. The van der Waals surface area contributed by atoms with Crippen LogP contribution in [-0.4, -0.2) is 23.5 Å². The molecule has 0 bridgehead atoms. The molecule has 22 heavy (non-hydrogen) atoms. The van der Waals surface area contributed by atoms with Gasteiger partial charge in [-0.05, 0) is 37.5 Å². The summed E-state index contributed by atoms with van der Waals surface area (Å²) in [6, 6.07) is 14.3. The predicted octanol–water partition coefficient (Wildman–Crippen LogP) is 3.76. The van der Waals surface area contributed by atoms with Gasteiger partial charge in [-0.1, -0.05) is 30.3 Å². The molecular formula is C18H22N2O2. The second-order valence-corrected chi connectivity index (χ2v) is 5.90. The van der Waals surface area contributed by atoms with Gasteiger partial charge in [-0.2, -0.15) is 0 Å². The standard InChI is InChI=1S/C18H22N2O2/c1-14(13-16-9-6-12-22-16)19-18(21)20-11-5-10-17(20)15-7-3-2-4-8-15/h2-4,6-9,12,14,17H,5,10-11,13H2,1H3,(H,19,21)/t14-,17-/m1/s1. The third-order valence-corrected chi connectivity index (χ3v) is 4.16. The monoisotopic (exact) mass is 298 g/mol. The highest BCUT2D eigenvalue weighted by atomic mass is 16.3. The van der Waals surface area contributed by atoms with Crippen molar-refractivity contribution in [3.8, 4) is 0 Å². The Kier molecular flexibility index (Phi) is 4.47. The van der Waals surface area contributed by atoms with Gasteiger partial charge in [0.25, 0.3) is 0 Å². The fourth-order valence-electron chi connectivity index (χ4n) is 3.11. The summed E-state index contributed by atoms with van der Waals surface area (Å²) in [6.07, 6.45) is 4.46. The molecule has 0 aliphatic carbocycles. The fourth-order valence-corrected chi connectivity index (χ4v) is 3.11. The first-order chi connectivity index (χ1) is 10.7. The summed E-state index contributed by atoms with van der Waals surface area (Å²) in [5, 5.41) is 3.09. The molecule has 1 N–H and O–H groups in total. The van der Waals surface area contributed by atoms with Gasteiger partial charge in [-0.25, -0.2) is 4.79 Å². The van der Waals surface area contributed by atoms with E-state index >= 15 is 0 Å². The maximum Gasteiger partial charge on any atom is 0.318 e. The number of hydrogen-bond acceptors (Lipinski definition) is 2. The number of nitrogens with one attached hydrogen (secondary N) is 1. The molecule has 2 atom stereocenters. The van der Waals surface area contributed by atoms with Gasteiger partial charge in [0, 0.05) is 19.0 Å². The molecule has 2 heterocycles. The number of furan rings is 1. The fraction of sp³-hybridized carbons (Fsp3) is 0.389. The number of benzene rings is 1. The van der Waals surface area contributed by atoms with Crippen molar-refractivity contribution >= 4 is 6.03 Å². The van der Waals surface area contributed by atoms with Crippen LogP contribution in [-0.2, 0) is 6.42 Å². The molecule has 0 unspecified atom stereocenters. The normalized spacial score (nSPS) is 19.1. The van der Waals surface area contributed by atoms with E-state index in [-0.39, 0.29) is 18.1 Å². The molecule has 1 aromatic carbocycles. The highest BCUT2D eigenvalue weighted by molar-refractivity contribution is 5.75. The average molecular weight is 298 g/mol. The number of nitrogens with zero attached hydrogens (tertiary/aromatic N) is 1. The van der Waals surface area contributed by atoms with Gasteiger partial charge in [0.2, 0.25) is 0 Å². The Bertz CT molecular complexity index is 595. The molecule has 2 amide bonds. The average Bonchev–Trinajstić information content (AvgIpc) is 3.18. The predicted molar refractivity (Wildman–Crippen MR) is 85.5 cm³/mol. The molecule has 1 aliphatic rings. The van der Waals surface area contributed by atoms with E-state index in [1.54, 1.807) is 6.26 Å². The Morgan fingerprint density at radius 1 is 1.32 bits per heavy atom. The number of likely N-dealkylation sites (tertiary alicyclic amines) is 1. The zero-order chi connectivity index (χ0) is 15.4. The van der Waals surface area contributed by atoms with Crippen LogP contribution in [0.25, 0.3) is 0 Å². The van der Waals surface area contributed by atoms with Gasteiger partial charge in [0.05, 0.1) is 12.3 Å². The number of carbonyl (C=O) groups excluding carboxylic acids is 1. The maximum absolute atomic E-state index is 12.6. The second kappa shape index (κ2) is 6.69. The summed E-state index contributed by atoms with van der Waals surface area (Å²) in [7, 11) is 0. The lowest BCUT2D eigenvalue weighted by atomic mass is 10.1. The van der Waals surface area contributed by atoms with E-state index < -0.39 is 0 Å². The molecule has 0 radical (unpaired) electrons. The molecule has 116 valence electrons. The Morgan fingerprint density at radius 3 is 2.86 bits per heavy atom. The van der Waals surface area contributed by atoms with Crippen LogP contribution >= 0.6 is 0 Å². The molecule has 3 rings (SSSR count). The molecule has 4 nitrogen and oxygen atoms in total. The first-order valence-corrected chi connectivity index (χ1v) is 7.88. The Morgan fingerprint density at radius 2 is 2.14 bits per heavy atom. The van der Waals surface area contributed by atoms with Crippen molar-refractivity contribution in [3.05, 3.63) is 60.1 Å². The maximum atomic E-state index is 12.6. The summed E-state index contributed by atoms with van der Waals surface area (Å²) in [4.78, 5) is 14.5. The lowest BCUT2D eigenvalue weighted by Gasteiger charge is -2.27. The van der Waals surface area contributed by atoms with Crippen molar-refractivity contribution in [1.82, 2.24) is 10.2 Å². The Labute approximate surface area is 131 Å². The minimum Gasteiger partial charge on any atom is -0.469 e. The topological polar surface area (TPSA) is 45.5 Å². The molecule has 1 aromatic heterocycles. The van der Waals surface area contributed by atoms with Crippen LogP contribution in [0.5, 0.6) is 0 Å². The van der Waals surface area contributed by atoms with Crippen molar-refractivity contribution in [2.75, 3.05) is 6.54 Å². The van der Waals surface area contributed by atoms with E-state index in [0.29, 0.717) is 6.42 Å². The van der Waals surface area contributed by atoms with Crippen molar-refractivity contribution in [1.29, 1.82) is 0 Å². The van der Waals surface area contributed by atoms with E-state index in [1.807, 2.05) is 42.2 Å². The lowest BCUT2D eigenvalue weighted by molar-refractivity contribution is 0.189. The highest BCUT2D eigenvalue weighted by Gasteiger charge is 2.30. The van der Waals surface area contributed by atoms with Crippen LogP contribution in [0.15, 0.2) is 53.1 Å². The largest absolute Gasteiger partial charge is 0.469 e. The summed E-state index contributed by atoms with van der Waals surface area (Å²) in [5.41, 5.74) is 1.22. The van der Waals surface area contributed by atoms with E-state index in [1.165, 1.54) is 5.56 Å². The number of rotatable bonds is 4. The van der Waals surface area contributed by atoms with E-state index in [2.05, 4.69) is 17.4 Å². The number of urea groups is 1. The van der Waals surface area contributed by atoms with E-state index in [9.17, 15) is 4.79 Å². The highest BCUT2D eigenvalue weighted by Crippen LogP contribution is 2.31. The van der Waals surface area contributed by atoms with Crippen LogP contribution in [0.4, 0.5) is 4.79 Å². The number of amides is 2. The van der Waals surface area contributed by atoms with Gasteiger partial charge in [-0.3, -0.25) is 0 Å². The minimum absolute atomic E-state index is 0.0189. The molecule has 0 spiro atoms. The van der Waals surface area contributed by atoms with Crippen LogP contribution in [0.3, 0.4) is 0 Å². The molecule has 1 fully saturated rings. The molecule has 0 saturated carbocycles. The quantitative estimate of drug-likeness (QED) is 0.934. The lowest BCUT2D eigenvalue weighted by Crippen LogP contribution is -2.44. The van der Waals surface area contributed by atoms with Gasteiger partial charge in [0.15, 0.2) is 0 Å². The van der Waals surface area contributed by atoms with Gasteiger partial charge >= 0.3 is 6.03 Å². The van der Waals surface area contributed by atoms with Crippen LogP contribution < -0.4 is 5.32 Å². The van der Waals surface area contributed by atoms with E-state index in [4.69, 9.17) is 4.42 Å². The van der Waals surface area contributed by atoms with Crippen LogP contribution in [0.1, 0.15) is 37.1 Å². The first kappa shape index (κ1) is 14.7. The summed E-state index contributed by atoms with van der Waals surface area (Å²) in [6.45, 7) is 2.83. The summed E-state index contributed by atoms with van der Waals surface area (Å²) in [5.74, 6) is 0.897. The Balaban J connectivity index is 1.61. The van der Waals surface area contributed by atoms with E-state index in [0.717, 1.165) is 25.1 Å². The smallest absolute Gasteiger partial charge is 0.318 e. The molecule has 4 heteroatoms. The SMILES string of the molecule is C[C@H](Cc1ccco1)NC(=O)N1CCC[C@@H]1c1ccccc1. The zero-order valence-electron chi connectivity index (χ0n) is 12.9. The van der Waals surface area contributed by atoms with Gasteiger partial charge in [-0.15, -0.1) is 0 Å². The first-order valence-electron chi connectivity index (χ1n) is 7.88. The van der Waals surface area contributed by atoms with Crippen molar-refractivity contribution < 1.29 is 9.21 Å². The summed E-state index contributed by atoms with van der Waals surface area (Å²) < 4.78 is 5.34. The Hall–Kier alpha value is -2.23. The summed E-state index contributed by atoms with van der Waals surface area (Å²) >= 11 is 0. The van der Waals surface area contributed by atoms with Crippen LogP contribution in [0, 0.1) is 0 Å². The zero-order valence-corrected chi connectivity index (χ0v) is 12.9. The third-order valence-electron chi connectivity index (χ3n) is 4.16. The van der Waals surface area contributed by atoms with Crippen molar-refractivity contribution in [3.63, 3.8) is 0 Å². The van der Waals surface area contributed by atoms with Gasteiger partial charge < -0.3 is 14.6 Å². The molecular weight excluding hydrogens is 276 g/mol. The second-order valence-electron chi connectivity index (χ2n) is 5.90. The number of hydrogen-bond donors (Lipinski definition) is 1. The molecule has 2 aromatic rings. The van der Waals surface area contributed by atoms with Crippen molar-refractivity contribution in [2.24, 2.45) is 0 Å². The van der Waals surface area contributed by atoms with Crippen molar-refractivity contribution in [2.45, 2.75) is 38.3 Å². The molecule has 1 aliphatic heterocycles. The van der Waals surface area contributed by atoms with Gasteiger partial charge in [0.1, 0.15) is 5.76 Å². The minimum atomic E-state index is 0.0189. The molecule has 1 saturated heterocycles. The van der Waals surface area contributed by atoms with Crippen LogP contribution in [0.2, 0.25) is 0 Å².